The first-order valence-corrected chi connectivity index (χ1v) is 6.14. The molecule has 1 aromatic heterocycles. The van der Waals surface area contributed by atoms with Gasteiger partial charge in [0.05, 0.1) is 12.8 Å². The van der Waals surface area contributed by atoms with Gasteiger partial charge >= 0.3 is 0 Å². The fourth-order valence-electron chi connectivity index (χ4n) is 1.97. The fourth-order valence-corrected chi connectivity index (χ4v) is 1.97. The predicted molar refractivity (Wildman–Crippen MR) is 65.4 cm³/mol. The van der Waals surface area contributed by atoms with Crippen LogP contribution in [0.5, 0.6) is 0 Å². The van der Waals surface area contributed by atoms with Gasteiger partial charge in [-0.15, -0.1) is 0 Å². The first-order valence-electron chi connectivity index (χ1n) is 6.14. The van der Waals surface area contributed by atoms with Crippen molar-refractivity contribution in [3.05, 3.63) is 23.7 Å². The van der Waals surface area contributed by atoms with Gasteiger partial charge in [0.25, 0.3) is 0 Å². The van der Waals surface area contributed by atoms with Crippen LogP contribution in [0.1, 0.15) is 31.1 Å². The van der Waals surface area contributed by atoms with E-state index in [0.717, 1.165) is 24.9 Å². The molecule has 1 fully saturated rings. The number of furan rings is 1. The summed E-state index contributed by atoms with van der Waals surface area (Å²) >= 11 is 0. The zero-order valence-corrected chi connectivity index (χ0v) is 10.5. The summed E-state index contributed by atoms with van der Waals surface area (Å²) in [6, 6.07) is 3.45. The number of hydrogen-bond donors (Lipinski definition) is 1. The molecule has 2 rings (SSSR count). The summed E-state index contributed by atoms with van der Waals surface area (Å²) in [5.74, 6) is 1.06. The highest BCUT2D eigenvalue weighted by molar-refractivity contribution is 5.14. The van der Waals surface area contributed by atoms with Crippen molar-refractivity contribution in [2.45, 2.75) is 45.3 Å². The molecule has 0 saturated heterocycles. The van der Waals surface area contributed by atoms with Crippen molar-refractivity contribution in [1.29, 1.82) is 0 Å². The Bertz CT molecular complexity index is 330. The molecule has 1 saturated carbocycles. The highest BCUT2D eigenvalue weighted by atomic mass is 16.3. The van der Waals surface area contributed by atoms with E-state index >= 15 is 0 Å². The number of nitrogens with one attached hydrogen (secondary N) is 1. The molecule has 3 heteroatoms. The smallest absolute Gasteiger partial charge is 0.120 e. The van der Waals surface area contributed by atoms with Gasteiger partial charge < -0.3 is 9.73 Å². The molecule has 0 spiro atoms. The van der Waals surface area contributed by atoms with E-state index in [1.807, 2.05) is 6.07 Å². The third-order valence-electron chi connectivity index (χ3n) is 3.51. The van der Waals surface area contributed by atoms with Gasteiger partial charge in [-0.1, -0.05) is 0 Å². The Labute approximate surface area is 97.8 Å². The maximum atomic E-state index is 5.39. The van der Waals surface area contributed by atoms with E-state index in [1.54, 1.807) is 6.26 Å². The number of nitrogens with zero attached hydrogens (tertiary/aromatic N) is 1. The third-order valence-corrected chi connectivity index (χ3v) is 3.51. The SMILES string of the molecule is Cc1ccoc1CNCC(C)N(C)C1CC1. The van der Waals surface area contributed by atoms with Crippen molar-refractivity contribution in [1.82, 2.24) is 10.2 Å². The fraction of sp³-hybridized carbons (Fsp3) is 0.692. The average Bonchev–Trinajstić information content (AvgIpc) is 3.03. The second-order valence-electron chi connectivity index (χ2n) is 4.90. The molecule has 0 radical (unpaired) electrons. The van der Waals surface area contributed by atoms with E-state index in [1.165, 1.54) is 18.4 Å². The van der Waals surface area contributed by atoms with Crippen molar-refractivity contribution in [3.63, 3.8) is 0 Å². The zero-order valence-electron chi connectivity index (χ0n) is 10.5. The minimum atomic E-state index is 0.600. The van der Waals surface area contributed by atoms with Crippen LogP contribution in [-0.2, 0) is 6.54 Å². The van der Waals surface area contributed by atoms with Gasteiger partial charge in [-0.3, -0.25) is 4.90 Å². The molecule has 1 N–H and O–H groups in total. The highest BCUT2D eigenvalue weighted by Crippen LogP contribution is 2.26. The van der Waals surface area contributed by atoms with Crippen LogP contribution in [0.15, 0.2) is 16.7 Å². The summed E-state index contributed by atoms with van der Waals surface area (Å²) in [6.45, 7) is 6.22. The molecule has 16 heavy (non-hydrogen) atoms. The quantitative estimate of drug-likeness (QED) is 0.799. The highest BCUT2D eigenvalue weighted by Gasteiger charge is 2.28. The molecule has 1 unspecified atom stereocenters. The van der Waals surface area contributed by atoms with Gasteiger partial charge in [0, 0.05) is 18.6 Å². The molecule has 1 heterocycles. The molecular formula is C13H22N2O. The molecule has 1 aromatic rings. The van der Waals surface area contributed by atoms with Crippen LogP contribution in [0.2, 0.25) is 0 Å². The third kappa shape index (κ3) is 2.86. The Balaban J connectivity index is 1.69. The molecule has 90 valence electrons. The molecule has 1 aliphatic carbocycles. The normalized spacial score (nSPS) is 18.0. The second kappa shape index (κ2) is 5.02. The summed E-state index contributed by atoms with van der Waals surface area (Å²) < 4.78 is 5.39. The maximum absolute atomic E-state index is 5.39. The maximum Gasteiger partial charge on any atom is 0.120 e. The van der Waals surface area contributed by atoms with Crippen molar-refractivity contribution in [2.24, 2.45) is 0 Å². The largest absolute Gasteiger partial charge is 0.468 e. The van der Waals surface area contributed by atoms with E-state index in [0.29, 0.717) is 6.04 Å². The lowest BCUT2D eigenvalue weighted by Gasteiger charge is -2.24. The number of hydrogen-bond acceptors (Lipinski definition) is 3. The molecule has 3 nitrogen and oxygen atoms in total. The molecule has 1 atom stereocenters. The Hall–Kier alpha value is -0.800. The molecular weight excluding hydrogens is 200 g/mol. The predicted octanol–water partition coefficient (Wildman–Crippen LogP) is 2.16. The van der Waals surface area contributed by atoms with E-state index in [9.17, 15) is 0 Å². The van der Waals surface area contributed by atoms with Crippen LogP contribution in [-0.4, -0.2) is 30.6 Å². The minimum Gasteiger partial charge on any atom is -0.468 e. The average molecular weight is 222 g/mol. The van der Waals surface area contributed by atoms with Crippen molar-refractivity contribution in [2.75, 3.05) is 13.6 Å². The Kier molecular flexibility index (Phi) is 3.66. The van der Waals surface area contributed by atoms with Crippen LogP contribution in [0.4, 0.5) is 0 Å². The summed E-state index contributed by atoms with van der Waals surface area (Å²) in [5, 5.41) is 3.46. The summed E-state index contributed by atoms with van der Waals surface area (Å²) in [5.41, 5.74) is 1.23. The van der Waals surface area contributed by atoms with E-state index in [-0.39, 0.29) is 0 Å². The van der Waals surface area contributed by atoms with Crippen LogP contribution < -0.4 is 5.32 Å². The Morgan fingerprint density at radius 2 is 2.31 bits per heavy atom. The van der Waals surface area contributed by atoms with E-state index in [4.69, 9.17) is 4.42 Å². The van der Waals surface area contributed by atoms with Crippen LogP contribution >= 0.6 is 0 Å². The van der Waals surface area contributed by atoms with Crippen molar-refractivity contribution in [3.8, 4) is 0 Å². The van der Waals surface area contributed by atoms with Gasteiger partial charge in [-0.25, -0.2) is 0 Å². The zero-order chi connectivity index (χ0) is 11.5. The first kappa shape index (κ1) is 11.7. The van der Waals surface area contributed by atoms with Gasteiger partial charge in [-0.05, 0) is 45.4 Å². The lowest BCUT2D eigenvalue weighted by Crippen LogP contribution is -2.38. The van der Waals surface area contributed by atoms with Crippen molar-refractivity contribution >= 4 is 0 Å². The summed E-state index contributed by atoms with van der Waals surface area (Å²) in [7, 11) is 2.22. The lowest BCUT2D eigenvalue weighted by molar-refractivity contribution is 0.239. The number of rotatable bonds is 6. The molecule has 0 aliphatic heterocycles. The van der Waals surface area contributed by atoms with Crippen molar-refractivity contribution < 1.29 is 4.42 Å². The topological polar surface area (TPSA) is 28.4 Å². The molecule has 0 bridgehead atoms. The lowest BCUT2D eigenvalue weighted by atomic mass is 10.2. The number of likely N-dealkylation sites (N-methyl/N-ethyl adjacent to an activating group) is 1. The Morgan fingerprint density at radius 3 is 2.88 bits per heavy atom. The van der Waals surface area contributed by atoms with Gasteiger partial charge in [0.2, 0.25) is 0 Å². The molecule has 0 aromatic carbocycles. The summed E-state index contributed by atoms with van der Waals surface area (Å²) in [6.07, 6.45) is 4.50. The van der Waals surface area contributed by atoms with Gasteiger partial charge in [-0.2, -0.15) is 0 Å². The van der Waals surface area contributed by atoms with Gasteiger partial charge in [0.15, 0.2) is 0 Å². The monoisotopic (exact) mass is 222 g/mol. The minimum absolute atomic E-state index is 0.600. The Morgan fingerprint density at radius 1 is 1.56 bits per heavy atom. The molecule has 0 amide bonds. The van der Waals surface area contributed by atoms with E-state index in [2.05, 4.69) is 31.1 Å². The van der Waals surface area contributed by atoms with E-state index < -0.39 is 0 Å². The second-order valence-corrected chi connectivity index (χ2v) is 4.90. The van der Waals surface area contributed by atoms with Gasteiger partial charge in [0.1, 0.15) is 5.76 Å². The van der Waals surface area contributed by atoms with Crippen LogP contribution in [0.25, 0.3) is 0 Å². The molecule has 1 aliphatic rings. The number of aryl methyl sites for hydroxylation is 1. The first-order chi connectivity index (χ1) is 7.68. The summed E-state index contributed by atoms with van der Waals surface area (Å²) in [4.78, 5) is 2.47. The standard InChI is InChI=1S/C13H22N2O/c1-10-6-7-16-13(10)9-14-8-11(2)15(3)12-4-5-12/h6-7,11-12,14H,4-5,8-9H2,1-3H3. The van der Waals surface area contributed by atoms with Crippen LogP contribution in [0, 0.1) is 6.92 Å². The van der Waals surface area contributed by atoms with Crippen LogP contribution in [0.3, 0.4) is 0 Å².